The molecule has 2 aliphatic heterocycles. The number of benzene rings is 5. The van der Waals surface area contributed by atoms with Crippen LogP contribution < -0.4 is 10.6 Å². The first-order chi connectivity index (χ1) is 29.9. The molecule has 0 aliphatic carbocycles. The summed E-state index contributed by atoms with van der Waals surface area (Å²) < 4.78 is 0. The Labute approximate surface area is 401 Å². The van der Waals surface area contributed by atoms with Gasteiger partial charge in [-0.3, -0.25) is 9.59 Å². The third-order valence-corrected chi connectivity index (χ3v) is 14.3. The molecule has 0 fully saturated rings. The minimum absolute atomic E-state index is 0.0425. The van der Waals surface area contributed by atoms with Gasteiger partial charge in [-0.2, -0.15) is 0 Å². The van der Waals surface area contributed by atoms with Crippen LogP contribution in [0.1, 0.15) is 145 Å². The molecule has 5 aromatic carbocycles. The van der Waals surface area contributed by atoms with Gasteiger partial charge in [-0.25, -0.2) is 0 Å². The zero-order chi connectivity index (χ0) is 46.5. The van der Waals surface area contributed by atoms with Crippen LogP contribution in [0.15, 0.2) is 97.1 Å². The molecule has 5 aromatic rings. The second kappa shape index (κ2) is 18.4. The number of hydrogen-bond acceptors (Lipinski definition) is 4. The van der Waals surface area contributed by atoms with Gasteiger partial charge < -0.3 is 20.4 Å². The molecule has 2 amide bonds. The number of rotatable bonds is 12. The van der Waals surface area contributed by atoms with Crippen molar-refractivity contribution in [1.82, 2.24) is 20.4 Å². The van der Waals surface area contributed by atoms with Crippen molar-refractivity contribution in [1.29, 1.82) is 0 Å². The lowest BCUT2D eigenvalue weighted by molar-refractivity contribution is 0.0889. The first-order valence-electron chi connectivity index (χ1n) is 22.2. The Morgan fingerprint density at radius 3 is 1.27 bits per heavy atom. The molecule has 2 N–H and O–H groups in total. The molecule has 10 heteroatoms. The van der Waals surface area contributed by atoms with E-state index in [1.54, 1.807) is 12.1 Å². The molecule has 2 unspecified atom stereocenters. The van der Waals surface area contributed by atoms with Gasteiger partial charge in [0.25, 0.3) is 11.8 Å². The summed E-state index contributed by atoms with van der Waals surface area (Å²) in [5.41, 5.74) is 8.65. The van der Waals surface area contributed by atoms with Crippen LogP contribution in [0.4, 0.5) is 0 Å². The molecule has 64 heavy (non-hydrogen) atoms. The van der Waals surface area contributed by atoms with Gasteiger partial charge in [0.1, 0.15) is 0 Å². The van der Waals surface area contributed by atoms with E-state index in [4.69, 9.17) is 46.4 Å². The van der Waals surface area contributed by atoms with Gasteiger partial charge in [0.2, 0.25) is 0 Å². The van der Waals surface area contributed by atoms with E-state index in [1.807, 2.05) is 48.5 Å². The third-order valence-electron chi connectivity index (χ3n) is 13.2. The molecule has 2 aliphatic rings. The minimum atomic E-state index is -0.506. The average molecular weight is 941 g/mol. The summed E-state index contributed by atoms with van der Waals surface area (Å²) in [5, 5.41) is 9.29. The Balaban J connectivity index is 0.989. The van der Waals surface area contributed by atoms with Crippen LogP contribution in [0.3, 0.4) is 0 Å². The molecule has 0 saturated heterocycles. The third kappa shape index (κ3) is 10.9. The van der Waals surface area contributed by atoms with Crippen molar-refractivity contribution in [2.45, 2.75) is 115 Å². The van der Waals surface area contributed by atoms with Gasteiger partial charge >= 0.3 is 0 Å². The van der Waals surface area contributed by atoms with Crippen molar-refractivity contribution in [2.24, 2.45) is 0 Å². The fraction of sp³-hybridized carbons (Fsp3) is 0.407. The first-order valence-corrected chi connectivity index (χ1v) is 23.7. The summed E-state index contributed by atoms with van der Waals surface area (Å²) >= 11 is 26.2. The predicted octanol–water partition coefficient (Wildman–Crippen LogP) is 13.2. The number of likely N-dealkylation sites (N-methyl/N-ethyl adjacent to an activating group) is 2. The van der Waals surface area contributed by atoms with Gasteiger partial charge in [0.05, 0.1) is 0 Å². The van der Waals surface area contributed by atoms with Crippen molar-refractivity contribution in [3.8, 4) is 0 Å². The Kier molecular flexibility index (Phi) is 13.8. The van der Waals surface area contributed by atoms with Crippen LogP contribution in [0.25, 0.3) is 0 Å². The van der Waals surface area contributed by atoms with Gasteiger partial charge in [-0.1, -0.05) is 123 Å². The maximum absolute atomic E-state index is 13.9. The number of nitrogens with zero attached hydrogens (tertiary/aromatic N) is 2. The molecule has 338 valence electrons. The Morgan fingerprint density at radius 1 is 0.547 bits per heavy atom. The molecule has 0 radical (unpaired) electrons. The summed E-state index contributed by atoms with van der Waals surface area (Å²) in [4.78, 5) is 32.3. The van der Waals surface area contributed by atoms with E-state index in [-0.39, 0.29) is 34.5 Å². The maximum atomic E-state index is 13.9. The van der Waals surface area contributed by atoms with Crippen LogP contribution in [0, 0.1) is 0 Å². The SMILES string of the molecule is CN1Cc2c(Cl)cc(Cl)cc2C(c2cccc(C(=O)NC(C)(C)CC(C)(C)c3ccc(C(C)(C)CC(C)(C)NC(=O)c4cccc(C5CN(C)Cc6c(Cl)cc(Cl)cc65)c4)cc3)c2)C1. The standard InChI is InChI=1S/C54H62Cl4N4O2/c1-51(2,31-53(5,6)59-49(63)35-15-11-13-33(21-35)43-27-61(9)29-45-41(43)23-39(55)25-47(45)57)37-17-19-38(20-18-37)52(3,4)32-54(7,8)60-50(64)36-16-12-14-34(22-36)44-28-62(10)30-46-42(44)24-40(56)26-48(46)58/h11-26,43-44H,27-32H2,1-10H3,(H,59,63)(H,60,64). The van der Waals surface area contributed by atoms with E-state index in [9.17, 15) is 9.59 Å². The molecule has 2 heterocycles. The summed E-state index contributed by atoms with van der Waals surface area (Å²) in [6.45, 7) is 20.4. The van der Waals surface area contributed by atoms with E-state index in [2.05, 4.69) is 126 Å². The highest BCUT2D eigenvalue weighted by molar-refractivity contribution is 6.35. The van der Waals surface area contributed by atoms with Crippen LogP contribution in [0.2, 0.25) is 20.1 Å². The number of carbonyl (C=O) groups excluding carboxylic acids is 2. The monoisotopic (exact) mass is 938 g/mol. The Morgan fingerprint density at radius 2 is 0.906 bits per heavy atom. The van der Waals surface area contributed by atoms with Gasteiger partial charge in [-0.05, 0) is 159 Å². The highest BCUT2D eigenvalue weighted by atomic mass is 35.5. The number of amides is 2. The lowest BCUT2D eigenvalue weighted by Gasteiger charge is -2.38. The largest absolute Gasteiger partial charge is 0.347 e. The maximum Gasteiger partial charge on any atom is 0.251 e. The van der Waals surface area contributed by atoms with Gasteiger partial charge in [0.15, 0.2) is 0 Å². The Bertz CT molecular complexity index is 2390. The molecular weight excluding hydrogens is 878 g/mol. The fourth-order valence-corrected chi connectivity index (χ4v) is 11.8. The number of halogens is 4. The van der Waals surface area contributed by atoms with Gasteiger partial charge in [-0.15, -0.1) is 0 Å². The molecule has 0 saturated carbocycles. The molecule has 6 nitrogen and oxygen atoms in total. The van der Waals surface area contributed by atoms with Crippen LogP contribution >= 0.6 is 46.4 Å². The number of carbonyl (C=O) groups is 2. The van der Waals surface area contributed by atoms with Crippen molar-refractivity contribution >= 4 is 58.2 Å². The molecule has 0 spiro atoms. The van der Waals surface area contributed by atoms with Gasteiger partial charge in [0, 0.05) is 80.3 Å². The molecule has 0 aromatic heterocycles. The molecule has 0 bridgehead atoms. The normalized spacial score (nSPS) is 17.4. The van der Waals surface area contributed by atoms with E-state index in [0.717, 1.165) is 72.4 Å². The topological polar surface area (TPSA) is 64.7 Å². The lowest BCUT2D eigenvalue weighted by Crippen LogP contribution is -2.47. The lowest BCUT2D eigenvalue weighted by atomic mass is 9.72. The van der Waals surface area contributed by atoms with Crippen molar-refractivity contribution in [2.75, 3.05) is 27.2 Å². The van der Waals surface area contributed by atoms with Crippen LogP contribution in [0.5, 0.6) is 0 Å². The van der Waals surface area contributed by atoms with Crippen molar-refractivity contribution in [3.63, 3.8) is 0 Å². The zero-order valence-electron chi connectivity index (χ0n) is 38.9. The summed E-state index contributed by atoms with van der Waals surface area (Å²) in [7, 11) is 4.18. The highest BCUT2D eigenvalue weighted by Crippen LogP contribution is 2.41. The predicted molar refractivity (Wildman–Crippen MR) is 267 cm³/mol. The summed E-state index contributed by atoms with van der Waals surface area (Å²) in [6.07, 6.45) is 1.44. The second-order valence-electron chi connectivity index (χ2n) is 21.0. The molecular formula is C54H62Cl4N4O2. The fourth-order valence-electron chi connectivity index (χ4n) is 10.7. The Hall–Kier alpha value is -3.88. The smallest absolute Gasteiger partial charge is 0.251 e. The molecule has 7 rings (SSSR count). The van der Waals surface area contributed by atoms with Crippen LogP contribution in [-0.4, -0.2) is 59.9 Å². The van der Waals surface area contributed by atoms with Crippen molar-refractivity contribution < 1.29 is 9.59 Å². The average Bonchev–Trinajstić information content (AvgIpc) is 3.20. The van der Waals surface area contributed by atoms with Crippen molar-refractivity contribution in [3.05, 3.63) is 173 Å². The number of fused-ring (bicyclic) bond motifs is 2. The number of hydrogen-bond donors (Lipinski definition) is 2. The quantitative estimate of drug-likeness (QED) is 0.131. The summed E-state index contributed by atoms with van der Waals surface area (Å²) in [6, 6.07) is 32.4. The van der Waals surface area contributed by atoms with E-state index < -0.39 is 11.1 Å². The number of nitrogens with one attached hydrogen (secondary N) is 2. The minimum Gasteiger partial charge on any atom is -0.347 e. The first kappa shape index (κ1) is 48.1. The molecule has 2 atom stereocenters. The zero-order valence-corrected chi connectivity index (χ0v) is 41.9. The highest BCUT2D eigenvalue weighted by Gasteiger charge is 2.36. The second-order valence-corrected chi connectivity index (χ2v) is 22.7. The van der Waals surface area contributed by atoms with Crippen LogP contribution in [-0.2, 0) is 23.9 Å². The van der Waals surface area contributed by atoms with E-state index >= 15 is 0 Å². The van der Waals surface area contributed by atoms with E-state index in [0.29, 0.717) is 31.2 Å². The summed E-state index contributed by atoms with van der Waals surface area (Å²) in [5.74, 6) is -0.120. The van der Waals surface area contributed by atoms with E-state index in [1.165, 1.54) is 11.1 Å².